The number of ether oxygens (including phenoxy) is 1. The van der Waals surface area contributed by atoms with Crippen molar-refractivity contribution in [3.63, 3.8) is 0 Å². The molecule has 5 aliphatic rings. The summed E-state index contributed by atoms with van der Waals surface area (Å²) in [5.74, 6) is 6.70. The predicted octanol–water partition coefficient (Wildman–Crippen LogP) is 2.09. The Kier molecular flexibility index (Phi) is 1.33. The summed E-state index contributed by atoms with van der Waals surface area (Å²) in [7, 11) is 0. The lowest BCUT2D eigenvalue weighted by Gasteiger charge is -2.52. The van der Waals surface area contributed by atoms with Crippen LogP contribution in [0.2, 0.25) is 0 Å². The van der Waals surface area contributed by atoms with Gasteiger partial charge in [0.25, 0.3) is 0 Å². The fourth-order valence-corrected chi connectivity index (χ4v) is 6.51. The zero-order valence-electron chi connectivity index (χ0n) is 9.47. The second-order valence-corrected chi connectivity index (χ2v) is 6.80. The van der Waals surface area contributed by atoms with Gasteiger partial charge in [0.2, 0.25) is 0 Å². The van der Waals surface area contributed by atoms with Crippen molar-refractivity contribution in [1.29, 1.82) is 0 Å². The van der Waals surface area contributed by atoms with E-state index in [1.165, 1.54) is 25.7 Å². The average Bonchev–Trinajstić information content (AvgIpc) is 2.87. The van der Waals surface area contributed by atoms with Gasteiger partial charge in [0.05, 0.1) is 12.5 Å². The van der Waals surface area contributed by atoms with Gasteiger partial charge in [0, 0.05) is 5.92 Å². The van der Waals surface area contributed by atoms with Gasteiger partial charge in [-0.05, 0) is 54.8 Å². The third-order valence-electron chi connectivity index (χ3n) is 6.76. The molecule has 1 heterocycles. The van der Waals surface area contributed by atoms with E-state index in [-0.39, 0.29) is 5.97 Å². The molecule has 8 unspecified atom stereocenters. The minimum absolute atomic E-state index is 0.147. The lowest BCUT2D eigenvalue weighted by molar-refractivity contribution is -0.149. The molecule has 1 saturated heterocycles. The van der Waals surface area contributed by atoms with Gasteiger partial charge in [-0.3, -0.25) is 4.79 Å². The van der Waals surface area contributed by atoms with Gasteiger partial charge in [-0.2, -0.15) is 0 Å². The van der Waals surface area contributed by atoms with Crippen LogP contribution in [0.15, 0.2) is 0 Å². The molecule has 0 N–H and O–H groups in total. The maximum absolute atomic E-state index is 11.7. The van der Waals surface area contributed by atoms with Gasteiger partial charge < -0.3 is 4.74 Å². The molecule has 5 rings (SSSR count). The van der Waals surface area contributed by atoms with Crippen LogP contribution in [0.3, 0.4) is 0 Å². The van der Waals surface area contributed by atoms with Crippen molar-refractivity contribution in [1.82, 2.24) is 0 Å². The summed E-state index contributed by atoms with van der Waals surface area (Å²) in [4.78, 5) is 11.7. The zero-order valence-corrected chi connectivity index (χ0v) is 9.47. The second kappa shape index (κ2) is 2.49. The average molecular weight is 218 g/mol. The number of esters is 1. The molecule has 0 aromatic carbocycles. The second-order valence-electron chi connectivity index (χ2n) is 6.80. The highest BCUT2D eigenvalue weighted by Gasteiger charge is 2.72. The topological polar surface area (TPSA) is 26.3 Å². The van der Waals surface area contributed by atoms with E-state index < -0.39 is 0 Å². The Labute approximate surface area is 95.7 Å². The Morgan fingerprint density at radius 3 is 2.50 bits per heavy atom. The standard InChI is InChI=1S/C14H18O2/c15-14-13-10(5-16-14)11-8-4-9(12(11)13)7-3-1-2-6(7)8/h6-13H,1-5H2. The number of cyclic esters (lactones) is 1. The molecular weight excluding hydrogens is 200 g/mol. The van der Waals surface area contributed by atoms with E-state index in [4.69, 9.17) is 4.74 Å². The quantitative estimate of drug-likeness (QED) is 0.459. The van der Waals surface area contributed by atoms with Crippen molar-refractivity contribution >= 4 is 5.97 Å². The zero-order chi connectivity index (χ0) is 10.4. The molecule has 16 heavy (non-hydrogen) atoms. The van der Waals surface area contributed by atoms with E-state index in [0.29, 0.717) is 11.8 Å². The molecular formula is C14H18O2. The van der Waals surface area contributed by atoms with E-state index in [9.17, 15) is 4.79 Å². The predicted molar refractivity (Wildman–Crippen MR) is 57.3 cm³/mol. The monoisotopic (exact) mass is 218 g/mol. The summed E-state index contributed by atoms with van der Waals surface area (Å²) in [6.07, 6.45) is 5.87. The molecule has 4 aliphatic carbocycles. The van der Waals surface area contributed by atoms with E-state index >= 15 is 0 Å². The van der Waals surface area contributed by atoms with Crippen LogP contribution >= 0.6 is 0 Å². The number of rotatable bonds is 0. The molecule has 1 aliphatic heterocycles. The van der Waals surface area contributed by atoms with Crippen LogP contribution in [0.4, 0.5) is 0 Å². The van der Waals surface area contributed by atoms with Gasteiger partial charge in [0.1, 0.15) is 0 Å². The molecule has 0 radical (unpaired) electrons. The van der Waals surface area contributed by atoms with Crippen LogP contribution in [0.1, 0.15) is 25.7 Å². The first-order valence-corrected chi connectivity index (χ1v) is 7.03. The molecule has 0 spiro atoms. The number of fused-ring (bicyclic) bond motifs is 11. The number of carbonyl (C=O) groups excluding carboxylic acids is 1. The molecule has 2 nitrogen and oxygen atoms in total. The normalized spacial score (nSPS) is 64.9. The van der Waals surface area contributed by atoms with Gasteiger partial charge in [-0.25, -0.2) is 0 Å². The van der Waals surface area contributed by atoms with Crippen LogP contribution < -0.4 is 0 Å². The first kappa shape index (κ1) is 8.54. The van der Waals surface area contributed by atoms with E-state index in [1.807, 2.05) is 0 Å². The maximum Gasteiger partial charge on any atom is 0.309 e. The smallest absolute Gasteiger partial charge is 0.309 e. The highest BCUT2D eigenvalue weighted by Crippen LogP contribution is 2.73. The van der Waals surface area contributed by atoms with Crippen molar-refractivity contribution in [3.05, 3.63) is 0 Å². The molecule has 4 saturated carbocycles. The Balaban J connectivity index is 1.55. The van der Waals surface area contributed by atoms with Gasteiger partial charge in [0.15, 0.2) is 0 Å². The summed E-state index contributed by atoms with van der Waals surface area (Å²) in [6.45, 7) is 0.755. The number of hydrogen-bond donors (Lipinski definition) is 0. The molecule has 8 atom stereocenters. The van der Waals surface area contributed by atoms with Gasteiger partial charge >= 0.3 is 5.97 Å². The molecule has 0 aromatic heterocycles. The van der Waals surface area contributed by atoms with Gasteiger partial charge in [-0.15, -0.1) is 0 Å². The van der Waals surface area contributed by atoms with Crippen molar-refractivity contribution < 1.29 is 9.53 Å². The molecule has 86 valence electrons. The summed E-state index contributed by atoms with van der Waals surface area (Å²) >= 11 is 0. The summed E-state index contributed by atoms with van der Waals surface area (Å²) in [6, 6.07) is 0. The minimum atomic E-state index is 0.147. The molecule has 2 heteroatoms. The lowest BCUT2D eigenvalue weighted by Crippen LogP contribution is -2.53. The first-order valence-electron chi connectivity index (χ1n) is 7.03. The first-order chi connectivity index (χ1) is 7.86. The highest BCUT2D eigenvalue weighted by atomic mass is 16.5. The fourth-order valence-electron chi connectivity index (χ4n) is 6.51. The van der Waals surface area contributed by atoms with Crippen molar-refractivity contribution in [2.24, 2.45) is 47.3 Å². The molecule has 0 amide bonds. The molecule has 0 aromatic rings. The number of carbonyl (C=O) groups is 1. The van der Waals surface area contributed by atoms with Crippen LogP contribution in [-0.2, 0) is 9.53 Å². The van der Waals surface area contributed by atoms with Crippen LogP contribution in [0.5, 0.6) is 0 Å². The highest BCUT2D eigenvalue weighted by molar-refractivity contribution is 5.77. The number of hydrogen-bond acceptors (Lipinski definition) is 2. The summed E-state index contributed by atoms with van der Waals surface area (Å²) < 4.78 is 5.28. The van der Waals surface area contributed by atoms with Crippen molar-refractivity contribution in [2.75, 3.05) is 6.61 Å². The third kappa shape index (κ3) is 0.706. The van der Waals surface area contributed by atoms with Crippen LogP contribution in [0, 0.1) is 47.3 Å². The maximum atomic E-state index is 11.7. The van der Waals surface area contributed by atoms with Crippen LogP contribution in [-0.4, -0.2) is 12.6 Å². The molecule has 5 fully saturated rings. The van der Waals surface area contributed by atoms with E-state index in [1.54, 1.807) is 0 Å². The Hall–Kier alpha value is -0.530. The Bertz CT molecular complexity index is 375. The lowest BCUT2D eigenvalue weighted by atomic mass is 9.50. The van der Waals surface area contributed by atoms with E-state index in [2.05, 4.69) is 0 Å². The van der Waals surface area contributed by atoms with Crippen molar-refractivity contribution in [3.8, 4) is 0 Å². The van der Waals surface area contributed by atoms with E-state index in [0.717, 1.165) is 42.1 Å². The Morgan fingerprint density at radius 2 is 1.69 bits per heavy atom. The summed E-state index contributed by atoms with van der Waals surface area (Å²) in [5.41, 5.74) is 0. The SMILES string of the molecule is O=C1OCC2C1C1C3CC(C4CCCC43)C21. The third-order valence-corrected chi connectivity index (χ3v) is 6.76. The minimum Gasteiger partial charge on any atom is -0.465 e. The molecule has 2 bridgehead atoms. The Morgan fingerprint density at radius 1 is 0.938 bits per heavy atom. The summed E-state index contributed by atoms with van der Waals surface area (Å²) in [5, 5.41) is 0. The van der Waals surface area contributed by atoms with Crippen LogP contribution in [0.25, 0.3) is 0 Å². The van der Waals surface area contributed by atoms with Crippen molar-refractivity contribution in [2.45, 2.75) is 25.7 Å². The fraction of sp³-hybridized carbons (Fsp3) is 0.929. The van der Waals surface area contributed by atoms with Gasteiger partial charge in [-0.1, -0.05) is 6.42 Å². The largest absolute Gasteiger partial charge is 0.465 e.